The van der Waals surface area contributed by atoms with Crippen molar-refractivity contribution in [3.8, 4) is 5.75 Å². The van der Waals surface area contributed by atoms with Crippen molar-refractivity contribution in [1.29, 1.82) is 0 Å². The fourth-order valence-electron chi connectivity index (χ4n) is 1.58. The van der Waals surface area contributed by atoms with Crippen LogP contribution in [0.25, 0.3) is 0 Å². The van der Waals surface area contributed by atoms with Crippen molar-refractivity contribution in [1.82, 2.24) is 5.16 Å². The molecule has 0 aliphatic rings. The molecule has 0 bridgehead atoms. The number of nitrogens with one attached hydrogen (secondary N) is 1. The first-order chi connectivity index (χ1) is 9.97. The van der Waals surface area contributed by atoms with Crippen molar-refractivity contribution < 1.29 is 24.0 Å². The summed E-state index contributed by atoms with van der Waals surface area (Å²) in [6, 6.07) is 7.46. The van der Waals surface area contributed by atoms with Gasteiger partial charge in [-0.25, -0.2) is 4.79 Å². The van der Waals surface area contributed by atoms with E-state index in [2.05, 4.69) is 10.5 Å². The molecule has 1 heterocycles. The van der Waals surface area contributed by atoms with Gasteiger partial charge in [0, 0.05) is 6.07 Å². The molecule has 0 aliphatic heterocycles. The van der Waals surface area contributed by atoms with Crippen LogP contribution in [-0.2, 0) is 9.53 Å². The van der Waals surface area contributed by atoms with Gasteiger partial charge in [-0.05, 0) is 26.0 Å². The second-order valence-electron chi connectivity index (χ2n) is 4.38. The van der Waals surface area contributed by atoms with Crippen molar-refractivity contribution >= 4 is 17.7 Å². The molecule has 0 radical (unpaired) electrons. The Bertz CT molecular complexity index is 665. The van der Waals surface area contributed by atoms with E-state index in [1.54, 1.807) is 19.1 Å². The SMILES string of the molecule is Cc1cc(NC(=O)C(C)OC(=O)c2ccccc2O)no1. The third-order valence-corrected chi connectivity index (χ3v) is 2.66. The molecule has 21 heavy (non-hydrogen) atoms. The molecular weight excluding hydrogens is 276 g/mol. The van der Waals surface area contributed by atoms with Crippen molar-refractivity contribution in [3.63, 3.8) is 0 Å². The Labute approximate surface area is 120 Å². The highest BCUT2D eigenvalue weighted by molar-refractivity contribution is 5.97. The molecule has 0 saturated carbocycles. The number of aromatic nitrogens is 1. The van der Waals surface area contributed by atoms with Gasteiger partial charge >= 0.3 is 5.97 Å². The number of esters is 1. The quantitative estimate of drug-likeness (QED) is 0.833. The maximum atomic E-state index is 11.8. The van der Waals surface area contributed by atoms with Gasteiger partial charge in [0.2, 0.25) is 0 Å². The number of hydrogen-bond acceptors (Lipinski definition) is 6. The highest BCUT2D eigenvalue weighted by Crippen LogP contribution is 2.17. The summed E-state index contributed by atoms with van der Waals surface area (Å²) in [5.41, 5.74) is -0.00516. The number of rotatable bonds is 4. The zero-order chi connectivity index (χ0) is 15.4. The lowest BCUT2D eigenvalue weighted by Gasteiger charge is -2.12. The van der Waals surface area contributed by atoms with Crippen LogP contribution < -0.4 is 5.32 Å². The lowest BCUT2D eigenvalue weighted by Crippen LogP contribution is -2.30. The Morgan fingerprint density at radius 3 is 2.71 bits per heavy atom. The molecule has 1 amide bonds. The number of nitrogens with zero attached hydrogens (tertiary/aromatic N) is 1. The number of anilines is 1. The van der Waals surface area contributed by atoms with Gasteiger partial charge in [0.1, 0.15) is 17.1 Å². The molecular formula is C14H14N2O5. The number of carbonyl (C=O) groups excluding carboxylic acids is 2. The molecule has 0 saturated heterocycles. The maximum Gasteiger partial charge on any atom is 0.342 e. The molecule has 1 aromatic heterocycles. The van der Waals surface area contributed by atoms with E-state index in [1.165, 1.54) is 25.1 Å². The standard InChI is InChI=1S/C14H14N2O5/c1-8-7-12(16-21-8)15-13(18)9(2)20-14(19)10-5-3-4-6-11(10)17/h3-7,9,17H,1-2H3,(H,15,16,18). The molecule has 2 N–H and O–H groups in total. The number of para-hydroxylation sites is 1. The first kappa shape index (κ1) is 14.6. The first-order valence-corrected chi connectivity index (χ1v) is 6.20. The molecule has 110 valence electrons. The Morgan fingerprint density at radius 2 is 2.10 bits per heavy atom. The van der Waals surface area contributed by atoms with E-state index >= 15 is 0 Å². The van der Waals surface area contributed by atoms with Crippen LogP contribution in [0.4, 0.5) is 5.82 Å². The molecule has 2 rings (SSSR count). The third-order valence-electron chi connectivity index (χ3n) is 2.66. The Morgan fingerprint density at radius 1 is 1.38 bits per heavy atom. The summed E-state index contributed by atoms with van der Waals surface area (Å²) in [5, 5.41) is 15.6. The number of phenolic OH excluding ortho intramolecular Hbond substituents is 1. The third kappa shape index (κ3) is 3.59. The number of ether oxygens (including phenoxy) is 1. The van der Waals surface area contributed by atoms with Gasteiger partial charge in [0.25, 0.3) is 5.91 Å². The highest BCUT2D eigenvalue weighted by Gasteiger charge is 2.21. The summed E-state index contributed by atoms with van der Waals surface area (Å²) in [5.74, 6) is -0.756. The summed E-state index contributed by atoms with van der Waals surface area (Å²) in [6.07, 6.45) is -1.05. The topological polar surface area (TPSA) is 102 Å². The fourth-order valence-corrected chi connectivity index (χ4v) is 1.58. The van der Waals surface area contributed by atoms with Gasteiger partial charge in [0.05, 0.1) is 0 Å². The Kier molecular flexibility index (Phi) is 4.22. The second kappa shape index (κ2) is 6.08. The van der Waals surface area contributed by atoms with E-state index in [4.69, 9.17) is 9.26 Å². The van der Waals surface area contributed by atoms with E-state index in [-0.39, 0.29) is 17.1 Å². The average Bonchev–Trinajstić information content (AvgIpc) is 2.84. The van der Waals surface area contributed by atoms with Crippen molar-refractivity contribution in [2.75, 3.05) is 5.32 Å². The number of carbonyl (C=O) groups is 2. The van der Waals surface area contributed by atoms with E-state index in [0.717, 1.165) is 0 Å². The summed E-state index contributed by atoms with van der Waals surface area (Å²) in [7, 11) is 0. The lowest BCUT2D eigenvalue weighted by atomic mass is 10.2. The second-order valence-corrected chi connectivity index (χ2v) is 4.38. The summed E-state index contributed by atoms with van der Waals surface area (Å²) >= 11 is 0. The fraction of sp³-hybridized carbons (Fsp3) is 0.214. The molecule has 7 nitrogen and oxygen atoms in total. The summed E-state index contributed by atoms with van der Waals surface area (Å²) in [4.78, 5) is 23.7. The number of aryl methyl sites for hydroxylation is 1. The van der Waals surface area contributed by atoms with Crippen LogP contribution >= 0.6 is 0 Å². The highest BCUT2D eigenvalue weighted by atomic mass is 16.5. The number of amides is 1. The number of aromatic hydroxyl groups is 1. The van der Waals surface area contributed by atoms with Gasteiger partial charge in [0.15, 0.2) is 11.9 Å². The molecule has 0 fully saturated rings. The Balaban J connectivity index is 1.97. The maximum absolute atomic E-state index is 11.8. The minimum atomic E-state index is -1.05. The van der Waals surface area contributed by atoms with Gasteiger partial charge in [-0.2, -0.15) is 0 Å². The van der Waals surface area contributed by atoms with Crippen LogP contribution in [-0.4, -0.2) is 28.2 Å². The molecule has 0 spiro atoms. The van der Waals surface area contributed by atoms with Gasteiger partial charge in [-0.3, -0.25) is 4.79 Å². The zero-order valence-corrected chi connectivity index (χ0v) is 11.5. The minimum Gasteiger partial charge on any atom is -0.507 e. The van der Waals surface area contributed by atoms with Gasteiger partial charge < -0.3 is 19.7 Å². The van der Waals surface area contributed by atoms with Crippen molar-refractivity contribution in [3.05, 3.63) is 41.7 Å². The molecule has 1 atom stereocenters. The van der Waals surface area contributed by atoms with E-state index in [0.29, 0.717) is 5.76 Å². The molecule has 1 unspecified atom stereocenters. The lowest BCUT2D eigenvalue weighted by molar-refractivity contribution is -0.123. The predicted molar refractivity (Wildman–Crippen MR) is 72.9 cm³/mol. The number of benzene rings is 1. The van der Waals surface area contributed by atoms with Crippen molar-refractivity contribution in [2.45, 2.75) is 20.0 Å². The monoisotopic (exact) mass is 290 g/mol. The van der Waals surface area contributed by atoms with Crippen LogP contribution in [0.3, 0.4) is 0 Å². The number of hydrogen-bond donors (Lipinski definition) is 2. The number of phenols is 1. The largest absolute Gasteiger partial charge is 0.507 e. The van der Waals surface area contributed by atoms with Crippen LogP contribution in [0, 0.1) is 6.92 Å². The average molecular weight is 290 g/mol. The normalized spacial score (nSPS) is 11.7. The molecule has 2 aromatic rings. The molecule has 0 aliphatic carbocycles. The predicted octanol–water partition coefficient (Wildman–Crippen LogP) is 1.87. The summed E-state index contributed by atoms with van der Waals surface area (Å²) in [6.45, 7) is 3.10. The molecule has 7 heteroatoms. The van der Waals surface area contributed by atoms with Crippen molar-refractivity contribution in [2.24, 2.45) is 0 Å². The van der Waals surface area contributed by atoms with Crippen LogP contribution in [0.5, 0.6) is 5.75 Å². The smallest absolute Gasteiger partial charge is 0.342 e. The summed E-state index contributed by atoms with van der Waals surface area (Å²) < 4.78 is 9.79. The zero-order valence-electron chi connectivity index (χ0n) is 11.5. The van der Waals surface area contributed by atoms with Gasteiger partial charge in [-0.15, -0.1) is 0 Å². The Hall–Kier alpha value is -2.83. The minimum absolute atomic E-state index is 0.00516. The van der Waals surface area contributed by atoms with E-state index < -0.39 is 18.0 Å². The van der Waals surface area contributed by atoms with E-state index in [1.807, 2.05) is 0 Å². The first-order valence-electron chi connectivity index (χ1n) is 6.20. The van der Waals surface area contributed by atoms with Crippen LogP contribution in [0.1, 0.15) is 23.0 Å². The van der Waals surface area contributed by atoms with Gasteiger partial charge in [-0.1, -0.05) is 17.3 Å². The van der Waals surface area contributed by atoms with Crippen LogP contribution in [0.2, 0.25) is 0 Å². The molecule has 1 aromatic carbocycles. The van der Waals surface area contributed by atoms with E-state index in [9.17, 15) is 14.7 Å². The van der Waals surface area contributed by atoms with Crippen LogP contribution in [0.15, 0.2) is 34.9 Å².